The Morgan fingerprint density at radius 2 is 2.00 bits per heavy atom. The molecular formula is C13H23ClN2O2S2. The number of piperidine rings is 1. The first-order valence-electron chi connectivity index (χ1n) is 6.74. The van der Waals surface area contributed by atoms with Crippen LogP contribution in [-0.4, -0.2) is 28.1 Å². The molecule has 116 valence electrons. The molecule has 2 rings (SSSR count). The minimum Gasteiger partial charge on any atom is -0.317 e. The van der Waals surface area contributed by atoms with E-state index in [2.05, 4.69) is 17.0 Å². The zero-order chi connectivity index (χ0) is 13.9. The molecule has 0 unspecified atom stereocenters. The predicted molar refractivity (Wildman–Crippen MR) is 86.3 cm³/mol. The minimum atomic E-state index is -3.34. The van der Waals surface area contributed by atoms with Gasteiger partial charge in [-0.3, -0.25) is 0 Å². The van der Waals surface area contributed by atoms with Gasteiger partial charge in [0.25, 0.3) is 0 Å². The molecular weight excluding hydrogens is 316 g/mol. The number of aryl methyl sites for hydroxylation is 1. The van der Waals surface area contributed by atoms with E-state index in [1.165, 1.54) is 11.3 Å². The summed E-state index contributed by atoms with van der Waals surface area (Å²) in [6.45, 7) is 6.65. The van der Waals surface area contributed by atoms with Crippen LogP contribution >= 0.6 is 23.7 Å². The van der Waals surface area contributed by atoms with Crippen LogP contribution in [-0.2, 0) is 16.4 Å². The first-order valence-corrected chi connectivity index (χ1v) is 9.04. The van der Waals surface area contributed by atoms with Gasteiger partial charge in [-0.1, -0.05) is 13.8 Å². The van der Waals surface area contributed by atoms with Crippen LogP contribution in [0.4, 0.5) is 0 Å². The molecule has 0 amide bonds. The van der Waals surface area contributed by atoms with Crippen molar-refractivity contribution in [3.63, 3.8) is 0 Å². The summed E-state index contributed by atoms with van der Waals surface area (Å²) in [6.07, 6.45) is 2.91. The smallest absolute Gasteiger partial charge is 0.250 e. The van der Waals surface area contributed by atoms with E-state index in [9.17, 15) is 8.42 Å². The van der Waals surface area contributed by atoms with Crippen LogP contribution in [0.5, 0.6) is 0 Å². The number of rotatable bonds is 5. The van der Waals surface area contributed by atoms with Gasteiger partial charge in [0.05, 0.1) is 0 Å². The molecule has 0 atom stereocenters. The lowest BCUT2D eigenvalue weighted by Crippen LogP contribution is -2.42. The van der Waals surface area contributed by atoms with Gasteiger partial charge in [-0.15, -0.1) is 23.7 Å². The topological polar surface area (TPSA) is 58.2 Å². The number of thiophene rings is 1. The largest absolute Gasteiger partial charge is 0.317 e. The molecule has 1 saturated heterocycles. The standard InChI is InChI=1S/C13H22N2O2S2.ClH/c1-3-11-4-5-12(18-11)19(16,17)15-10-13(2)6-8-14-9-7-13;/h4-5,14-15H,3,6-10H2,1-2H3;1H. The third-order valence-electron chi connectivity index (χ3n) is 3.75. The maximum Gasteiger partial charge on any atom is 0.250 e. The first kappa shape index (κ1) is 17.9. The van der Waals surface area contributed by atoms with Crippen molar-refractivity contribution < 1.29 is 8.42 Å². The molecule has 1 aromatic heterocycles. The number of hydrogen-bond acceptors (Lipinski definition) is 4. The second kappa shape index (κ2) is 7.22. The Bertz CT molecular complexity index is 522. The van der Waals surface area contributed by atoms with Gasteiger partial charge in [0.2, 0.25) is 10.0 Å². The molecule has 0 spiro atoms. The highest BCUT2D eigenvalue weighted by Crippen LogP contribution is 2.28. The predicted octanol–water partition coefficient (Wildman–Crippen LogP) is 2.40. The van der Waals surface area contributed by atoms with Gasteiger partial charge >= 0.3 is 0 Å². The molecule has 0 radical (unpaired) electrons. The van der Waals surface area contributed by atoms with E-state index in [0.717, 1.165) is 37.2 Å². The van der Waals surface area contributed by atoms with Crippen LogP contribution in [0.3, 0.4) is 0 Å². The normalized spacial score (nSPS) is 18.5. The summed E-state index contributed by atoms with van der Waals surface area (Å²) in [5, 5.41) is 3.30. The van der Waals surface area contributed by atoms with Gasteiger partial charge in [0.15, 0.2) is 0 Å². The molecule has 7 heteroatoms. The Morgan fingerprint density at radius 3 is 2.55 bits per heavy atom. The Morgan fingerprint density at radius 1 is 1.35 bits per heavy atom. The number of halogens is 1. The summed E-state index contributed by atoms with van der Waals surface area (Å²) in [7, 11) is -3.34. The van der Waals surface area contributed by atoms with Crippen LogP contribution in [0.2, 0.25) is 0 Å². The van der Waals surface area contributed by atoms with E-state index >= 15 is 0 Å². The van der Waals surface area contributed by atoms with E-state index in [1.54, 1.807) is 6.07 Å². The summed E-state index contributed by atoms with van der Waals surface area (Å²) in [5.74, 6) is 0. The Kier molecular flexibility index (Phi) is 6.47. The average molecular weight is 339 g/mol. The van der Waals surface area contributed by atoms with Crippen LogP contribution in [0.25, 0.3) is 0 Å². The SMILES string of the molecule is CCc1ccc(S(=O)(=O)NCC2(C)CCNCC2)s1.Cl. The molecule has 1 aliphatic rings. The van der Waals surface area contributed by atoms with Crippen molar-refractivity contribution in [3.05, 3.63) is 17.0 Å². The maximum absolute atomic E-state index is 12.2. The Balaban J connectivity index is 0.00000200. The number of sulfonamides is 1. The summed E-state index contributed by atoms with van der Waals surface area (Å²) < 4.78 is 27.7. The molecule has 2 heterocycles. The van der Waals surface area contributed by atoms with Crippen molar-refractivity contribution in [1.82, 2.24) is 10.0 Å². The molecule has 0 bridgehead atoms. The second-order valence-corrected chi connectivity index (χ2v) is 8.62. The lowest BCUT2D eigenvalue weighted by Gasteiger charge is -2.33. The summed E-state index contributed by atoms with van der Waals surface area (Å²) in [5.41, 5.74) is 0.0726. The molecule has 1 fully saturated rings. The zero-order valence-corrected chi connectivity index (χ0v) is 14.4. The van der Waals surface area contributed by atoms with Crippen LogP contribution < -0.4 is 10.0 Å². The molecule has 20 heavy (non-hydrogen) atoms. The van der Waals surface area contributed by atoms with E-state index < -0.39 is 10.0 Å². The van der Waals surface area contributed by atoms with Gasteiger partial charge in [0, 0.05) is 11.4 Å². The lowest BCUT2D eigenvalue weighted by molar-refractivity contribution is 0.232. The van der Waals surface area contributed by atoms with Crippen LogP contribution in [0.15, 0.2) is 16.3 Å². The third kappa shape index (κ3) is 4.43. The monoisotopic (exact) mass is 338 g/mol. The van der Waals surface area contributed by atoms with Gasteiger partial charge < -0.3 is 5.32 Å². The molecule has 0 aromatic carbocycles. The van der Waals surface area contributed by atoms with Crippen molar-refractivity contribution in [2.24, 2.45) is 5.41 Å². The average Bonchev–Trinajstić information content (AvgIpc) is 2.87. The highest BCUT2D eigenvalue weighted by Gasteiger charge is 2.29. The van der Waals surface area contributed by atoms with E-state index in [4.69, 9.17) is 0 Å². The molecule has 0 aliphatic carbocycles. The minimum absolute atomic E-state index is 0. The Labute approximate surface area is 131 Å². The third-order valence-corrected chi connectivity index (χ3v) is 6.87. The molecule has 2 N–H and O–H groups in total. The van der Waals surface area contributed by atoms with Crippen molar-refractivity contribution >= 4 is 33.8 Å². The van der Waals surface area contributed by atoms with E-state index in [0.29, 0.717) is 10.8 Å². The quantitative estimate of drug-likeness (QED) is 0.866. The fourth-order valence-corrected chi connectivity index (χ4v) is 4.78. The van der Waals surface area contributed by atoms with Crippen molar-refractivity contribution in [2.45, 2.75) is 37.3 Å². The number of hydrogen-bond donors (Lipinski definition) is 2. The molecule has 1 aliphatic heterocycles. The van der Waals surface area contributed by atoms with E-state index in [1.807, 2.05) is 13.0 Å². The van der Waals surface area contributed by atoms with Gasteiger partial charge in [-0.2, -0.15) is 0 Å². The molecule has 4 nitrogen and oxygen atoms in total. The fourth-order valence-electron chi connectivity index (χ4n) is 2.24. The summed E-state index contributed by atoms with van der Waals surface area (Å²) in [6, 6.07) is 3.60. The van der Waals surface area contributed by atoms with Crippen molar-refractivity contribution in [2.75, 3.05) is 19.6 Å². The second-order valence-electron chi connectivity index (χ2n) is 5.46. The summed E-state index contributed by atoms with van der Waals surface area (Å²) >= 11 is 1.36. The number of nitrogens with one attached hydrogen (secondary N) is 2. The highest BCUT2D eigenvalue weighted by atomic mass is 35.5. The molecule has 1 aromatic rings. The van der Waals surface area contributed by atoms with Crippen molar-refractivity contribution in [3.8, 4) is 0 Å². The van der Waals surface area contributed by atoms with Gasteiger partial charge in [-0.05, 0) is 49.9 Å². The molecule has 0 saturated carbocycles. The Hall–Kier alpha value is -0.140. The van der Waals surface area contributed by atoms with Gasteiger partial charge in [0.1, 0.15) is 4.21 Å². The van der Waals surface area contributed by atoms with Crippen LogP contribution in [0, 0.1) is 5.41 Å². The fraction of sp³-hybridized carbons (Fsp3) is 0.692. The first-order chi connectivity index (χ1) is 8.95. The highest BCUT2D eigenvalue weighted by molar-refractivity contribution is 7.91. The van der Waals surface area contributed by atoms with Crippen molar-refractivity contribution in [1.29, 1.82) is 0 Å². The summed E-state index contributed by atoms with van der Waals surface area (Å²) in [4.78, 5) is 1.11. The lowest BCUT2D eigenvalue weighted by atomic mass is 9.81. The van der Waals surface area contributed by atoms with Gasteiger partial charge in [-0.25, -0.2) is 13.1 Å². The van der Waals surface area contributed by atoms with Crippen LogP contribution in [0.1, 0.15) is 31.6 Å². The van der Waals surface area contributed by atoms with E-state index in [-0.39, 0.29) is 17.8 Å². The zero-order valence-electron chi connectivity index (χ0n) is 11.9. The maximum atomic E-state index is 12.2.